The number of benzene rings is 1. The molecule has 2 aromatic rings. The third kappa shape index (κ3) is 5.75. The Kier molecular flexibility index (Phi) is 7.50. The molecule has 31 heavy (non-hydrogen) atoms. The summed E-state index contributed by atoms with van der Waals surface area (Å²) in [4.78, 5) is 38.7. The van der Waals surface area contributed by atoms with E-state index in [1.54, 1.807) is 12.1 Å². The maximum Gasteiger partial charge on any atom is 0.329 e. The van der Waals surface area contributed by atoms with E-state index in [4.69, 9.17) is 9.15 Å². The van der Waals surface area contributed by atoms with E-state index >= 15 is 0 Å². The summed E-state index contributed by atoms with van der Waals surface area (Å²) in [6.07, 6.45) is 5.07. The lowest BCUT2D eigenvalue weighted by molar-refractivity contribution is -0.151. The maximum absolute atomic E-state index is 13.4. The number of esters is 1. The Morgan fingerprint density at radius 2 is 1.74 bits per heavy atom. The molecule has 0 bridgehead atoms. The third-order valence-electron chi connectivity index (χ3n) is 5.67. The van der Waals surface area contributed by atoms with Crippen LogP contribution in [0.3, 0.4) is 0 Å². The molecule has 1 saturated carbocycles. The number of amides is 2. The van der Waals surface area contributed by atoms with E-state index in [1.807, 2.05) is 44.2 Å². The summed E-state index contributed by atoms with van der Waals surface area (Å²) in [6, 6.07) is 11.8. The largest absolute Gasteiger partial charge is 0.459 e. The van der Waals surface area contributed by atoms with Crippen LogP contribution in [0, 0.1) is 5.92 Å². The van der Waals surface area contributed by atoms with Crippen molar-refractivity contribution in [3.63, 3.8) is 0 Å². The standard InChI is InChI=1S/C24H30N2O5/c1-17(2)20(22(28)31-16-18-10-5-3-6-11-18)25-23(29)24(13-7-4-8-14-24)26-21(27)19-12-9-15-30-19/h3,5-6,9-12,15,17,20H,4,7-8,13-14,16H2,1-2H3,(H,25,29)(H,26,27). The van der Waals surface area contributed by atoms with Crippen LogP contribution < -0.4 is 10.6 Å². The van der Waals surface area contributed by atoms with Crippen LogP contribution in [0.1, 0.15) is 62.1 Å². The van der Waals surface area contributed by atoms with E-state index in [9.17, 15) is 14.4 Å². The van der Waals surface area contributed by atoms with E-state index in [2.05, 4.69) is 10.6 Å². The quantitative estimate of drug-likeness (QED) is 0.629. The molecule has 7 nitrogen and oxygen atoms in total. The fourth-order valence-electron chi connectivity index (χ4n) is 3.85. The maximum atomic E-state index is 13.4. The molecule has 3 rings (SSSR count). The van der Waals surface area contributed by atoms with Gasteiger partial charge in [-0.1, -0.05) is 63.4 Å². The lowest BCUT2D eigenvalue weighted by atomic mass is 9.80. The van der Waals surface area contributed by atoms with Crippen molar-refractivity contribution in [1.29, 1.82) is 0 Å². The highest BCUT2D eigenvalue weighted by atomic mass is 16.5. The third-order valence-corrected chi connectivity index (χ3v) is 5.67. The topological polar surface area (TPSA) is 97.6 Å². The normalized spacial score (nSPS) is 16.4. The number of nitrogens with one attached hydrogen (secondary N) is 2. The molecule has 166 valence electrons. The van der Waals surface area contributed by atoms with Crippen molar-refractivity contribution in [2.24, 2.45) is 5.92 Å². The zero-order valence-corrected chi connectivity index (χ0v) is 18.1. The number of hydrogen-bond acceptors (Lipinski definition) is 5. The lowest BCUT2D eigenvalue weighted by Gasteiger charge is -2.37. The smallest absolute Gasteiger partial charge is 0.329 e. The highest BCUT2D eigenvalue weighted by Gasteiger charge is 2.43. The fraction of sp³-hybridized carbons (Fsp3) is 0.458. The van der Waals surface area contributed by atoms with Crippen LogP contribution in [0.2, 0.25) is 0 Å². The van der Waals surface area contributed by atoms with Crippen LogP contribution in [-0.2, 0) is 20.9 Å². The molecule has 1 aromatic carbocycles. The molecule has 1 aromatic heterocycles. The SMILES string of the molecule is CC(C)C(NC(=O)C1(NC(=O)c2ccco2)CCCCC1)C(=O)OCc1ccccc1. The zero-order chi connectivity index (χ0) is 22.3. The molecule has 0 saturated heterocycles. The van der Waals surface area contributed by atoms with Crippen LogP contribution >= 0.6 is 0 Å². The summed E-state index contributed by atoms with van der Waals surface area (Å²) in [6.45, 7) is 3.84. The molecule has 2 N–H and O–H groups in total. The van der Waals surface area contributed by atoms with Gasteiger partial charge in [0.15, 0.2) is 5.76 Å². The predicted octanol–water partition coefficient (Wildman–Crippen LogP) is 3.60. The highest BCUT2D eigenvalue weighted by molar-refractivity contribution is 5.98. The molecule has 1 atom stereocenters. The van der Waals surface area contributed by atoms with Gasteiger partial charge in [-0.3, -0.25) is 9.59 Å². The number of furan rings is 1. The van der Waals surface area contributed by atoms with Gasteiger partial charge in [-0.2, -0.15) is 0 Å². The summed E-state index contributed by atoms with van der Waals surface area (Å²) in [5, 5.41) is 5.73. The molecule has 1 unspecified atom stereocenters. The van der Waals surface area contributed by atoms with Gasteiger partial charge < -0.3 is 19.8 Å². The van der Waals surface area contributed by atoms with Gasteiger partial charge in [-0.05, 0) is 36.5 Å². The summed E-state index contributed by atoms with van der Waals surface area (Å²) in [5.74, 6) is -1.30. The number of carbonyl (C=O) groups excluding carboxylic acids is 3. The van der Waals surface area contributed by atoms with Crippen molar-refractivity contribution in [1.82, 2.24) is 10.6 Å². The van der Waals surface area contributed by atoms with Crippen molar-refractivity contribution < 1.29 is 23.5 Å². The van der Waals surface area contributed by atoms with Crippen molar-refractivity contribution in [2.75, 3.05) is 0 Å². The average molecular weight is 427 g/mol. The van der Waals surface area contributed by atoms with Crippen LogP contribution in [0.25, 0.3) is 0 Å². The zero-order valence-electron chi connectivity index (χ0n) is 18.1. The highest BCUT2D eigenvalue weighted by Crippen LogP contribution is 2.29. The summed E-state index contributed by atoms with van der Waals surface area (Å²) in [7, 11) is 0. The second-order valence-electron chi connectivity index (χ2n) is 8.36. The first-order valence-corrected chi connectivity index (χ1v) is 10.8. The molecular weight excluding hydrogens is 396 g/mol. The second-order valence-corrected chi connectivity index (χ2v) is 8.36. The molecule has 1 aliphatic carbocycles. The van der Waals surface area contributed by atoms with E-state index in [1.165, 1.54) is 6.26 Å². The summed E-state index contributed by atoms with van der Waals surface area (Å²) in [5.41, 5.74) is -0.200. The van der Waals surface area contributed by atoms with Gasteiger partial charge in [0.2, 0.25) is 5.91 Å². The van der Waals surface area contributed by atoms with E-state index in [0.29, 0.717) is 12.8 Å². The van der Waals surface area contributed by atoms with Crippen LogP contribution in [0.5, 0.6) is 0 Å². The van der Waals surface area contributed by atoms with Crippen LogP contribution in [-0.4, -0.2) is 29.4 Å². The molecule has 1 fully saturated rings. The lowest BCUT2D eigenvalue weighted by Crippen LogP contribution is -2.62. The molecule has 2 amide bonds. The van der Waals surface area contributed by atoms with E-state index in [0.717, 1.165) is 24.8 Å². The fourth-order valence-corrected chi connectivity index (χ4v) is 3.85. The minimum Gasteiger partial charge on any atom is -0.459 e. The molecule has 1 aliphatic rings. The molecular formula is C24H30N2O5. The Morgan fingerprint density at radius 1 is 1.03 bits per heavy atom. The minimum absolute atomic E-state index is 0.138. The molecule has 7 heteroatoms. The number of rotatable bonds is 8. The first-order chi connectivity index (χ1) is 14.9. The van der Waals surface area contributed by atoms with Crippen molar-refractivity contribution in [3.8, 4) is 0 Å². The first-order valence-electron chi connectivity index (χ1n) is 10.8. The molecule has 0 spiro atoms. The Labute approximate surface area is 182 Å². The predicted molar refractivity (Wildman–Crippen MR) is 115 cm³/mol. The number of hydrogen-bond donors (Lipinski definition) is 2. The van der Waals surface area contributed by atoms with Gasteiger partial charge in [-0.25, -0.2) is 4.79 Å². The van der Waals surface area contributed by atoms with Gasteiger partial charge in [0.05, 0.1) is 6.26 Å². The summed E-state index contributed by atoms with van der Waals surface area (Å²) >= 11 is 0. The number of ether oxygens (including phenoxy) is 1. The van der Waals surface area contributed by atoms with Crippen molar-refractivity contribution >= 4 is 17.8 Å². The monoisotopic (exact) mass is 426 g/mol. The molecule has 0 aliphatic heterocycles. The Balaban J connectivity index is 1.70. The van der Waals surface area contributed by atoms with Gasteiger partial charge in [0.1, 0.15) is 18.2 Å². The first kappa shape index (κ1) is 22.6. The van der Waals surface area contributed by atoms with Crippen molar-refractivity contribution in [3.05, 3.63) is 60.1 Å². The molecule has 1 heterocycles. The summed E-state index contributed by atoms with van der Waals surface area (Å²) < 4.78 is 10.6. The van der Waals surface area contributed by atoms with Gasteiger partial charge >= 0.3 is 5.97 Å². The van der Waals surface area contributed by atoms with E-state index < -0.39 is 23.5 Å². The van der Waals surface area contributed by atoms with Gasteiger partial charge in [0, 0.05) is 0 Å². The van der Waals surface area contributed by atoms with Crippen molar-refractivity contribution in [2.45, 2.75) is 64.1 Å². The average Bonchev–Trinajstić information content (AvgIpc) is 3.32. The Bertz CT molecular complexity index is 871. The van der Waals surface area contributed by atoms with Gasteiger partial charge in [0.25, 0.3) is 5.91 Å². The second kappa shape index (κ2) is 10.3. The Hall–Kier alpha value is -3.09. The number of carbonyl (C=O) groups is 3. The molecule has 0 radical (unpaired) electrons. The minimum atomic E-state index is -1.07. The van der Waals surface area contributed by atoms with E-state index in [-0.39, 0.29) is 24.2 Å². The Morgan fingerprint density at radius 3 is 2.35 bits per heavy atom. The van der Waals surface area contributed by atoms with Crippen LogP contribution in [0.15, 0.2) is 53.1 Å². The van der Waals surface area contributed by atoms with Gasteiger partial charge in [-0.15, -0.1) is 0 Å². The van der Waals surface area contributed by atoms with Crippen LogP contribution in [0.4, 0.5) is 0 Å².